The van der Waals surface area contributed by atoms with Gasteiger partial charge in [0.1, 0.15) is 18.2 Å². The molecular formula is C10H17NO7. The Morgan fingerprint density at radius 2 is 1.83 bits per heavy atom. The molecule has 0 aliphatic carbocycles. The number of carbonyl (C=O) groups is 2. The van der Waals surface area contributed by atoms with Crippen LogP contribution in [0.2, 0.25) is 0 Å². The SMILES string of the molecule is COC(=O)[C@H]1O[C@H](OC)[C@H](NC(C)=O)[C@@H](O)[C@@H]1O. The van der Waals surface area contributed by atoms with Crippen LogP contribution in [0.15, 0.2) is 0 Å². The number of nitrogens with one attached hydrogen (secondary N) is 1. The monoisotopic (exact) mass is 263 g/mol. The van der Waals surface area contributed by atoms with Crippen LogP contribution in [-0.2, 0) is 23.8 Å². The lowest BCUT2D eigenvalue weighted by Crippen LogP contribution is -2.65. The van der Waals surface area contributed by atoms with Crippen LogP contribution in [0.3, 0.4) is 0 Å². The summed E-state index contributed by atoms with van der Waals surface area (Å²) in [6.45, 7) is 1.25. The van der Waals surface area contributed by atoms with Crippen molar-refractivity contribution < 1.29 is 34.0 Å². The summed E-state index contributed by atoms with van der Waals surface area (Å²) in [4.78, 5) is 22.3. The van der Waals surface area contributed by atoms with Gasteiger partial charge in [-0.05, 0) is 0 Å². The van der Waals surface area contributed by atoms with E-state index < -0.39 is 42.5 Å². The van der Waals surface area contributed by atoms with Crippen molar-refractivity contribution in [2.75, 3.05) is 14.2 Å². The zero-order chi connectivity index (χ0) is 13.9. The molecule has 5 atom stereocenters. The molecule has 0 bridgehead atoms. The number of ether oxygens (including phenoxy) is 3. The van der Waals surface area contributed by atoms with E-state index in [1.807, 2.05) is 0 Å². The van der Waals surface area contributed by atoms with Gasteiger partial charge in [0.05, 0.1) is 7.11 Å². The van der Waals surface area contributed by atoms with E-state index in [1.54, 1.807) is 0 Å². The highest BCUT2D eigenvalue weighted by atomic mass is 16.7. The van der Waals surface area contributed by atoms with Crippen LogP contribution in [0.25, 0.3) is 0 Å². The first-order chi connectivity index (χ1) is 8.42. The van der Waals surface area contributed by atoms with E-state index in [9.17, 15) is 19.8 Å². The van der Waals surface area contributed by atoms with Crippen LogP contribution in [0, 0.1) is 0 Å². The van der Waals surface area contributed by atoms with Gasteiger partial charge < -0.3 is 29.7 Å². The average molecular weight is 263 g/mol. The molecule has 0 radical (unpaired) electrons. The molecule has 0 unspecified atom stereocenters. The second-order valence-corrected chi connectivity index (χ2v) is 3.89. The van der Waals surface area contributed by atoms with Crippen molar-refractivity contribution in [1.82, 2.24) is 5.32 Å². The van der Waals surface area contributed by atoms with E-state index >= 15 is 0 Å². The third-order valence-electron chi connectivity index (χ3n) is 2.64. The number of aliphatic hydroxyl groups excluding tert-OH is 2. The molecule has 0 aromatic rings. The zero-order valence-electron chi connectivity index (χ0n) is 10.3. The van der Waals surface area contributed by atoms with Gasteiger partial charge >= 0.3 is 5.97 Å². The minimum absolute atomic E-state index is 0.423. The van der Waals surface area contributed by atoms with Gasteiger partial charge in [-0.1, -0.05) is 0 Å². The maximum Gasteiger partial charge on any atom is 0.337 e. The maximum absolute atomic E-state index is 11.4. The summed E-state index contributed by atoms with van der Waals surface area (Å²) >= 11 is 0. The molecule has 0 aromatic carbocycles. The van der Waals surface area contributed by atoms with Gasteiger partial charge in [0.25, 0.3) is 0 Å². The smallest absolute Gasteiger partial charge is 0.337 e. The fourth-order valence-corrected chi connectivity index (χ4v) is 1.76. The Labute approximate surface area is 104 Å². The molecule has 1 heterocycles. The van der Waals surface area contributed by atoms with Gasteiger partial charge in [-0.3, -0.25) is 4.79 Å². The Kier molecular flexibility index (Phi) is 5.03. The standard InChI is InChI=1S/C10H17NO7/c1-4(12)11-5-6(13)7(14)8(9(15)16-2)18-10(5)17-3/h5-8,10,13-14H,1-3H3,(H,11,12)/t5-,6-,7+,8+,10+/m1/s1. The summed E-state index contributed by atoms with van der Waals surface area (Å²) in [5, 5.41) is 22.0. The van der Waals surface area contributed by atoms with E-state index in [0.717, 1.165) is 7.11 Å². The first kappa shape index (κ1) is 14.8. The van der Waals surface area contributed by atoms with Crippen molar-refractivity contribution in [1.29, 1.82) is 0 Å². The van der Waals surface area contributed by atoms with Gasteiger partial charge in [-0.15, -0.1) is 0 Å². The number of aliphatic hydroxyl groups is 2. The first-order valence-electron chi connectivity index (χ1n) is 5.31. The Morgan fingerprint density at radius 1 is 1.22 bits per heavy atom. The van der Waals surface area contributed by atoms with Crippen LogP contribution in [0.5, 0.6) is 0 Å². The lowest BCUT2D eigenvalue weighted by atomic mass is 9.96. The Hall–Kier alpha value is -1.22. The third-order valence-corrected chi connectivity index (χ3v) is 2.64. The number of amides is 1. The summed E-state index contributed by atoms with van der Waals surface area (Å²) in [7, 11) is 2.42. The highest BCUT2D eigenvalue weighted by Gasteiger charge is 2.48. The Balaban J connectivity index is 2.87. The normalized spacial score (nSPS) is 35.9. The highest BCUT2D eigenvalue weighted by Crippen LogP contribution is 2.22. The minimum Gasteiger partial charge on any atom is -0.467 e. The first-order valence-corrected chi connectivity index (χ1v) is 5.31. The van der Waals surface area contributed by atoms with Gasteiger partial charge in [0.15, 0.2) is 12.4 Å². The number of hydrogen-bond donors (Lipinski definition) is 3. The molecule has 8 nitrogen and oxygen atoms in total. The number of hydrogen-bond acceptors (Lipinski definition) is 7. The number of carbonyl (C=O) groups excluding carboxylic acids is 2. The summed E-state index contributed by atoms with van der Waals surface area (Å²) in [6.07, 6.45) is -5.34. The van der Waals surface area contributed by atoms with Gasteiger partial charge in [0, 0.05) is 14.0 Å². The van der Waals surface area contributed by atoms with E-state index in [-0.39, 0.29) is 0 Å². The second kappa shape index (κ2) is 6.10. The van der Waals surface area contributed by atoms with Crippen molar-refractivity contribution in [3.05, 3.63) is 0 Å². The third kappa shape index (κ3) is 2.96. The molecule has 1 aliphatic heterocycles. The molecule has 18 heavy (non-hydrogen) atoms. The van der Waals surface area contributed by atoms with Crippen LogP contribution in [0.1, 0.15) is 6.92 Å². The molecule has 0 saturated carbocycles. The minimum atomic E-state index is -1.51. The van der Waals surface area contributed by atoms with E-state index in [4.69, 9.17) is 9.47 Å². The lowest BCUT2D eigenvalue weighted by molar-refractivity contribution is -0.258. The summed E-state index contributed by atoms with van der Waals surface area (Å²) in [6, 6.07) is -0.969. The number of rotatable bonds is 3. The Morgan fingerprint density at radius 3 is 2.28 bits per heavy atom. The largest absolute Gasteiger partial charge is 0.467 e. The molecule has 1 rings (SSSR count). The summed E-state index contributed by atoms with van der Waals surface area (Å²) in [5.41, 5.74) is 0. The van der Waals surface area contributed by atoms with Crippen LogP contribution in [-0.4, -0.2) is 67.0 Å². The topological polar surface area (TPSA) is 114 Å². The van der Waals surface area contributed by atoms with Gasteiger partial charge in [-0.2, -0.15) is 0 Å². The number of esters is 1. The molecule has 1 saturated heterocycles. The zero-order valence-corrected chi connectivity index (χ0v) is 10.3. The summed E-state index contributed by atoms with van der Waals surface area (Å²) in [5.74, 6) is -1.25. The molecule has 1 amide bonds. The predicted molar refractivity (Wildman–Crippen MR) is 57.3 cm³/mol. The fraction of sp³-hybridized carbons (Fsp3) is 0.800. The van der Waals surface area contributed by atoms with Crippen molar-refractivity contribution in [3.8, 4) is 0 Å². The molecule has 104 valence electrons. The average Bonchev–Trinajstić information content (AvgIpc) is 2.34. The second-order valence-electron chi connectivity index (χ2n) is 3.89. The highest BCUT2D eigenvalue weighted by molar-refractivity contribution is 5.76. The summed E-state index contributed by atoms with van der Waals surface area (Å²) < 4.78 is 14.5. The van der Waals surface area contributed by atoms with Crippen molar-refractivity contribution >= 4 is 11.9 Å². The van der Waals surface area contributed by atoms with Gasteiger partial charge in [0.2, 0.25) is 5.91 Å². The lowest BCUT2D eigenvalue weighted by Gasteiger charge is -2.40. The molecular weight excluding hydrogens is 246 g/mol. The molecule has 1 aliphatic rings. The predicted octanol–water partition coefficient (Wildman–Crippen LogP) is -2.24. The van der Waals surface area contributed by atoms with E-state index in [0.29, 0.717) is 0 Å². The Bertz CT molecular complexity index is 319. The molecule has 8 heteroatoms. The van der Waals surface area contributed by atoms with Gasteiger partial charge in [-0.25, -0.2) is 4.79 Å². The van der Waals surface area contributed by atoms with Crippen molar-refractivity contribution in [3.63, 3.8) is 0 Å². The van der Waals surface area contributed by atoms with E-state index in [2.05, 4.69) is 10.1 Å². The molecule has 1 fully saturated rings. The van der Waals surface area contributed by atoms with Crippen molar-refractivity contribution in [2.45, 2.75) is 37.6 Å². The van der Waals surface area contributed by atoms with E-state index in [1.165, 1.54) is 14.0 Å². The maximum atomic E-state index is 11.4. The fourth-order valence-electron chi connectivity index (χ4n) is 1.76. The molecule has 0 spiro atoms. The molecule has 3 N–H and O–H groups in total. The van der Waals surface area contributed by atoms with Crippen molar-refractivity contribution in [2.24, 2.45) is 0 Å². The van der Waals surface area contributed by atoms with Crippen LogP contribution in [0.4, 0.5) is 0 Å². The molecule has 0 aromatic heterocycles. The number of methoxy groups -OCH3 is 2. The van der Waals surface area contributed by atoms with Crippen LogP contribution >= 0.6 is 0 Å². The quantitative estimate of drug-likeness (QED) is 0.493. The van der Waals surface area contributed by atoms with Crippen LogP contribution < -0.4 is 5.32 Å².